The molecule has 1 aliphatic heterocycles. The van der Waals surface area contributed by atoms with Gasteiger partial charge in [0.25, 0.3) is 0 Å². The number of urea groups is 1. The van der Waals surface area contributed by atoms with Gasteiger partial charge in [-0.05, 0) is 24.5 Å². The molecule has 1 aliphatic carbocycles. The summed E-state index contributed by atoms with van der Waals surface area (Å²) < 4.78 is 0. The highest BCUT2D eigenvalue weighted by Gasteiger charge is 2.24. The van der Waals surface area contributed by atoms with Crippen LogP contribution in [0, 0.1) is 0 Å². The molecular weight excluding hydrogens is 298 g/mol. The topological polar surface area (TPSA) is 35.6 Å². The summed E-state index contributed by atoms with van der Waals surface area (Å²) in [6.07, 6.45) is 4.77. The van der Waals surface area contributed by atoms with Crippen LogP contribution in [0.1, 0.15) is 31.2 Å². The molecule has 2 fully saturated rings. The summed E-state index contributed by atoms with van der Waals surface area (Å²) >= 11 is 6.22. The van der Waals surface area contributed by atoms with Crippen molar-refractivity contribution in [1.82, 2.24) is 15.1 Å². The van der Waals surface area contributed by atoms with Gasteiger partial charge in [0.2, 0.25) is 0 Å². The number of rotatable bonds is 3. The molecule has 1 aromatic rings. The lowest BCUT2D eigenvalue weighted by Gasteiger charge is -2.35. The van der Waals surface area contributed by atoms with E-state index in [1.807, 2.05) is 23.1 Å². The first-order valence-corrected chi connectivity index (χ1v) is 8.61. The lowest BCUT2D eigenvalue weighted by molar-refractivity contribution is 0.133. The molecule has 0 spiro atoms. The molecule has 2 amide bonds. The van der Waals surface area contributed by atoms with Crippen LogP contribution in [0.4, 0.5) is 4.79 Å². The molecule has 1 N–H and O–H groups in total. The number of benzene rings is 1. The van der Waals surface area contributed by atoms with E-state index in [0.29, 0.717) is 6.04 Å². The summed E-state index contributed by atoms with van der Waals surface area (Å²) in [6.45, 7) is 4.26. The highest BCUT2D eigenvalue weighted by molar-refractivity contribution is 6.31. The summed E-state index contributed by atoms with van der Waals surface area (Å²) in [4.78, 5) is 16.6. The van der Waals surface area contributed by atoms with E-state index in [9.17, 15) is 4.79 Å². The lowest BCUT2D eigenvalue weighted by Crippen LogP contribution is -2.52. The first-order valence-electron chi connectivity index (χ1n) is 8.23. The van der Waals surface area contributed by atoms with Gasteiger partial charge in [-0.3, -0.25) is 4.90 Å². The molecule has 1 heterocycles. The molecule has 2 aliphatic rings. The Kier molecular flexibility index (Phi) is 5.21. The Morgan fingerprint density at radius 1 is 1.14 bits per heavy atom. The fourth-order valence-electron chi connectivity index (χ4n) is 3.31. The number of halogens is 1. The molecule has 1 saturated heterocycles. The van der Waals surface area contributed by atoms with Crippen LogP contribution < -0.4 is 5.32 Å². The first kappa shape index (κ1) is 15.6. The Labute approximate surface area is 137 Å². The number of carbonyl (C=O) groups is 1. The SMILES string of the molecule is O=C(NC1CCCC1)N1CCN(Cc2ccccc2Cl)CC1. The van der Waals surface area contributed by atoms with Crippen molar-refractivity contribution in [3.8, 4) is 0 Å². The molecule has 3 rings (SSSR count). The normalized spacial score (nSPS) is 20.3. The van der Waals surface area contributed by atoms with E-state index in [1.165, 1.54) is 12.8 Å². The molecule has 0 bridgehead atoms. The Hall–Kier alpha value is -1.26. The Balaban J connectivity index is 1.45. The van der Waals surface area contributed by atoms with Crippen molar-refractivity contribution < 1.29 is 4.79 Å². The quantitative estimate of drug-likeness (QED) is 0.928. The maximum absolute atomic E-state index is 12.2. The first-order chi connectivity index (χ1) is 10.7. The van der Waals surface area contributed by atoms with E-state index >= 15 is 0 Å². The van der Waals surface area contributed by atoms with Gasteiger partial charge < -0.3 is 10.2 Å². The van der Waals surface area contributed by atoms with Crippen LogP contribution in [-0.4, -0.2) is 48.1 Å². The molecule has 4 nitrogen and oxygen atoms in total. The van der Waals surface area contributed by atoms with Gasteiger partial charge in [0, 0.05) is 43.8 Å². The minimum atomic E-state index is 0.115. The summed E-state index contributed by atoms with van der Waals surface area (Å²) in [6, 6.07) is 8.49. The van der Waals surface area contributed by atoms with E-state index in [0.717, 1.165) is 56.2 Å². The maximum Gasteiger partial charge on any atom is 0.317 e. The number of nitrogens with one attached hydrogen (secondary N) is 1. The van der Waals surface area contributed by atoms with Crippen LogP contribution in [0.3, 0.4) is 0 Å². The van der Waals surface area contributed by atoms with Crippen molar-refractivity contribution in [2.24, 2.45) is 0 Å². The van der Waals surface area contributed by atoms with Crippen LogP contribution in [-0.2, 0) is 6.54 Å². The molecule has 0 radical (unpaired) electrons. The third-order valence-corrected chi connectivity index (χ3v) is 5.06. The summed E-state index contributed by atoms with van der Waals surface area (Å²) in [5.41, 5.74) is 1.16. The summed E-state index contributed by atoms with van der Waals surface area (Å²) in [7, 11) is 0. The van der Waals surface area contributed by atoms with Crippen LogP contribution in [0.2, 0.25) is 5.02 Å². The van der Waals surface area contributed by atoms with Crippen molar-refractivity contribution in [1.29, 1.82) is 0 Å². The van der Waals surface area contributed by atoms with E-state index in [-0.39, 0.29) is 6.03 Å². The third kappa shape index (κ3) is 3.93. The van der Waals surface area contributed by atoms with Gasteiger partial charge in [-0.2, -0.15) is 0 Å². The van der Waals surface area contributed by atoms with Gasteiger partial charge in [-0.25, -0.2) is 4.79 Å². The van der Waals surface area contributed by atoms with Gasteiger partial charge in [0.15, 0.2) is 0 Å². The van der Waals surface area contributed by atoms with Gasteiger partial charge in [0.05, 0.1) is 0 Å². The molecule has 0 atom stereocenters. The summed E-state index contributed by atoms with van der Waals surface area (Å²) in [5.74, 6) is 0. The Bertz CT molecular complexity index is 508. The lowest BCUT2D eigenvalue weighted by atomic mass is 10.2. The maximum atomic E-state index is 12.2. The molecule has 1 aromatic carbocycles. The fourth-order valence-corrected chi connectivity index (χ4v) is 3.51. The van der Waals surface area contributed by atoms with Crippen molar-refractivity contribution in [3.05, 3.63) is 34.9 Å². The zero-order chi connectivity index (χ0) is 15.4. The number of hydrogen-bond donors (Lipinski definition) is 1. The van der Waals surface area contributed by atoms with Crippen molar-refractivity contribution in [2.45, 2.75) is 38.3 Å². The Morgan fingerprint density at radius 3 is 2.50 bits per heavy atom. The second kappa shape index (κ2) is 7.34. The second-order valence-corrected chi connectivity index (χ2v) is 6.69. The van der Waals surface area contributed by atoms with Gasteiger partial charge in [-0.1, -0.05) is 42.6 Å². The smallest absolute Gasteiger partial charge is 0.317 e. The predicted molar refractivity (Wildman–Crippen MR) is 89.1 cm³/mol. The molecule has 5 heteroatoms. The van der Waals surface area contributed by atoms with Crippen molar-refractivity contribution in [3.63, 3.8) is 0 Å². The molecule has 0 unspecified atom stereocenters. The van der Waals surface area contributed by atoms with Gasteiger partial charge >= 0.3 is 6.03 Å². The average Bonchev–Trinajstić information content (AvgIpc) is 3.03. The standard InChI is InChI=1S/C17H24ClN3O/c18-16-8-4-1-5-14(16)13-20-9-11-21(12-10-20)17(22)19-15-6-2-3-7-15/h1,4-5,8,15H,2-3,6-7,9-13H2,(H,19,22). The van der Waals surface area contributed by atoms with Crippen LogP contribution in [0.25, 0.3) is 0 Å². The molecule has 0 aromatic heterocycles. The highest BCUT2D eigenvalue weighted by atomic mass is 35.5. The van der Waals surface area contributed by atoms with Crippen LogP contribution >= 0.6 is 11.6 Å². The van der Waals surface area contributed by atoms with E-state index in [4.69, 9.17) is 11.6 Å². The zero-order valence-electron chi connectivity index (χ0n) is 12.9. The highest BCUT2D eigenvalue weighted by Crippen LogP contribution is 2.19. The number of nitrogens with zero attached hydrogens (tertiary/aromatic N) is 2. The minimum absolute atomic E-state index is 0.115. The number of amides is 2. The number of carbonyl (C=O) groups excluding carboxylic acids is 1. The molecule has 22 heavy (non-hydrogen) atoms. The second-order valence-electron chi connectivity index (χ2n) is 6.29. The zero-order valence-corrected chi connectivity index (χ0v) is 13.7. The Morgan fingerprint density at radius 2 is 1.82 bits per heavy atom. The number of piperazine rings is 1. The number of hydrogen-bond acceptors (Lipinski definition) is 2. The van der Waals surface area contributed by atoms with E-state index in [2.05, 4.69) is 16.3 Å². The van der Waals surface area contributed by atoms with Crippen LogP contribution in [0.5, 0.6) is 0 Å². The van der Waals surface area contributed by atoms with E-state index < -0.39 is 0 Å². The largest absolute Gasteiger partial charge is 0.335 e. The fraction of sp³-hybridized carbons (Fsp3) is 0.588. The van der Waals surface area contributed by atoms with Gasteiger partial charge in [0.1, 0.15) is 0 Å². The average molecular weight is 322 g/mol. The van der Waals surface area contributed by atoms with Gasteiger partial charge in [-0.15, -0.1) is 0 Å². The summed E-state index contributed by atoms with van der Waals surface area (Å²) in [5, 5.41) is 3.99. The molecular formula is C17H24ClN3O. The monoisotopic (exact) mass is 321 g/mol. The van der Waals surface area contributed by atoms with E-state index in [1.54, 1.807) is 0 Å². The molecule has 1 saturated carbocycles. The third-order valence-electron chi connectivity index (χ3n) is 4.69. The van der Waals surface area contributed by atoms with Crippen molar-refractivity contribution in [2.75, 3.05) is 26.2 Å². The minimum Gasteiger partial charge on any atom is -0.335 e. The van der Waals surface area contributed by atoms with Crippen molar-refractivity contribution >= 4 is 17.6 Å². The molecule has 120 valence electrons. The van der Waals surface area contributed by atoms with Crippen LogP contribution in [0.15, 0.2) is 24.3 Å². The predicted octanol–water partition coefficient (Wildman–Crippen LogP) is 3.11.